The van der Waals surface area contributed by atoms with Crippen LogP contribution in [0.2, 0.25) is 0 Å². The van der Waals surface area contributed by atoms with Crippen molar-refractivity contribution in [3.05, 3.63) is 86.3 Å². The minimum atomic E-state index is -1.04. The summed E-state index contributed by atoms with van der Waals surface area (Å²) >= 11 is 1.26. The number of imide groups is 2. The summed E-state index contributed by atoms with van der Waals surface area (Å²) in [5, 5.41) is 12.5. The second-order valence-corrected chi connectivity index (χ2v) is 18.2. The molecule has 0 saturated carbocycles. The highest BCUT2D eigenvalue weighted by Gasteiger charge is 2.45. The van der Waals surface area contributed by atoms with Gasteiger partial charge in [0.2, 0.25) is 17.7 Å². The van der Waals surface area contributed by atoms with E-state index in [2.05, 4.69) is 31.2 Å². The molecule has 2 aromatic carbocycles. The molecule has 1 unspecified atom stereocenters. The lowest BCUT2D eigenvalue weighted by Gasteiger charge is -2.27. The quantitative estimate of drug-likeness (QED) is 0.0443. The number of thiophene rings is 1. The van der Waals surface area contributed by atoms with E-state index in [1.165, 1.54) is 11.3 Å². The Kier molecular flexibility index (Phi) is 15.3. The van der Waals surface area contributed by atoms with Gasteiger partial charge in [0.1, 0.15) is 23.5 Å². The number of carbonyl (C=O) groups is 7. The molecule has 1 fully saturated rings. The number of aromatic nitrogens is 2. The number of fused-ring (bicyclic) bond motifs is 2. The maximum absolute atomic E-state index is 13.4. The standard InChI is InChI=1S/C46H56N8O9S/c1-27-49-31-16-15-28(25-30(31)40(57)50-27)26-53(5)38-22-19-35(64-38)42(59)51-33(45(62)63-46(2,3)4)17-20-36(55)48-24-11-9-7-6-8-10-23-47-32-14-12-13-29-39(32)44(61)54(43(29)60)34-18-21-37(56)52-41(34)58/h12-16,19,22,25,33-34,47H,6-11,17-18,20-21,23-24,26H2,1-5H3,(H,48,55)(H,51,59)(H,49,50,57)(H,52,56,58)/t33-,34?/m0/s1. The van der Waals surface area contributed by atoms with Crippen molar-refractivity contribution in [2.45, 2.75) is 116 Å². The highest BCUT2D eigenvalue weighted by atomic mass is 32.1. The first-order valence-corrected chi connectivity index (χ1v) is 22.5. The van der Waals surface area contributed by atoms with E-state index in [9.17, 15) is 38.4 Å². The molecular formula is C46H56N8O9S. The number of aryl methyl sites for hydroxylation is 1. The number of carbonyl (C=O) groups excluding carboxylic acids is 7. The molecule has 64 heavy (non-hydrogen) atoms. The van der Waals surface area contributed by atoms with Crippen LogP contribution in [0.25, 0.3) is 10.9 Å². The molecule has 17 nitrogen and oxygen atoms in total. The zero-order valence-corrected chi connectivity index (χ0v) is 37.7. The van der Waals surface area contributed by atoms with Crippen LogP contribution in [0.5, 0.6) is 0 Å². The molecule has 2 aromatic heterocycles. The molecule has 18 heteroatoms. The fraction of sp³-hybridized carbons (Fsp3) is 0.457. The number of anilines is 2. The average molecular weight is 897 g/mol. The third-order valence-electron chi connectivity index (χ3n) is 10.9. The summed E-state index contributed by atoms with van der Waals surface area (Å²) in [5.41, 5.74) is 1.52. The van der Waals surface area contributed by atoms with Crippen LogP contribution in [-0.4, -0.2) is 94.1 Å². The lowest BCUT2D eigenvalue weighted by Crippen LogP contribution is -2.54. The van der Waals surface area contributed by atoms with Crippen LogP contribution < -0.4 is 31.7 Å². The number of hydrogen-bond donors (Lipinski definition) is 5. The molecule has 2 aliphatic rings. The largest absolute Gasteiger partial charge is 0.458 e. The zero-order chi connectivity index (χ0) is 46.1. The summed E-state index contributed by atoms with van der Waals surface area (Å²) < 4.78 is 5.59. The van der Waals surface area contributed by atoms with Crippen LogP contribution in [0, 0.1) is 6.92 Å². The van der Waals surface area contributed by atoms with Crippen molar-refractivity contribution in [3.63, 3.8) is 0 Å². The number of unbranched alkanes of at least 4 members (excludes halogenated alkanes) is 5. The molecule has 340 valence electrons. The fourth-order valence-corrected chi connectivity index (χ4v) is 8.56. The highest BCUT2D eigenvalue weighted by Crippen LogP contribution is 2.33. The Morgan fingerprint density at radius 2 is 1.69 bits per heavy atom. The number of hydrogen-bond acceptors (Lipinski definition) is 13. The van der Waals surface area contributed by atoms with Gasteiger partial charge in [0, 0.05) is 45.2 Å². The lowest BCUT2D eigenvalue weighted by molar-refractivity contribution is -0.157. The van der Waals surface area contributed by atoms with Crippen molar-refractivity contribution in [2.75, 3.05) is 30.4 Å². The molecule has 0 aliphatic carbocycles. The van der Waals surface area contributed by atoms with Crippen molar-refractivity contribution < 1.29 is 38.3 Å². The molecular weight excluding hydrogens is 841 g/mol. The minimum absolute atomic E-state index is 0.0125. The van der Waals surface area contributed by atoms with Crippen LogP contribution in [-0.2, 0) is 30.5 Å². The number of piperidine rings is 1. The molecule has 6 amide bonds. The maximum Gasteiger partial charge on any atom is 0.329 e. The fourth-order valence-electron chi connectivity index (χ4n) is 7.69. The Hall–Kier alpha value is -6.43. The van der Waals surface area contributed by atoms with Crippen LogP contribution in [0.1, 0.15) is 127 Å². The van der Waals surface area contributed by atoms with Crippen molar-refractivity contribution in [1.29, 1.82) is 0 Å². The van der Waals surface area contributed by atoms with Crippen molar-refractivity contribution in [1.82, 2.24) is 30.8 Å². The molecule has 6 rings (SSSR count). The van der Waals surface area contributed by atoms with E-state index < -0.39 is 53.2 Å². The van der Waals surface area contributed by atoms with Crippen LogP contribution in [0.15, 0.2) is 53.3 Å². The first-order chi connectivity index (χ1) is 30.5. The smallest absolute Gasteiger partial charge is 0.329 e. The van der Waals surface area contributed by atoms with E-state index >= 15 is 0 Å². The van der Waals surface area contributed by atoms with E-state index in [4.69, 9.17) is 4.74 Å². The average Bonchev–Trinajstić information content (AvgIpc) is 3.83. The van der Waals surface area contributed by atoms with Gasteiger partial charge in [-0.3, -0.25) is 43.8 Å². The van der Waals surface area contributed by atoms with Gasteiger partial charge in [-0.25, -0.2) is 9.78 Å². The summed E-state index contributed by atoms with van der Waals surface area (Å²) in [4.78, 5) is 113. The van der Waals surface area contributed by atoms with Gasteiger partial charge in [-0.1, -0.05) is 37.8 Å². The number of benzene rings is 2. The molecule has 2 atom stereocenters. The summed E-state index contributed by atoms with van der Waals surface area (Å²) in [6.45, 7) is 8.48. The predicted octanol–water partition coefficient (Wildman–Crippen LogP) is 5.12. The van der Waals surface area contributed by atoms with Gasteiger partial charge < -0.3 is 30.6 Å². The Balaban J connectivity index is 0.888. The third-order valence-corrected chi connectivity index (χ3v) is 12.1. The van der Waals surface area contributed by atoms with Crippen LogP contribution in [0.3, 0.4) is 0 Å². The van der Waals surface area contributed by atoms with E-state index in [-0.39, 0.29) is 48.3 Å². The molecule has 4 aromatic rings. The van der Waals surface area contributed by atoms with Gasteiger partial charge in [-0.05, 0) is 95.3 Å². The molecule has 1 saturated heterocycles. The van der Waals surface area contributed by atoms with E-state index in [1.807, 2.05) is 36.2 Å². The SMILES string of the molecule is Cc1nc2ccc(CN(C)c3ccc(C(=O)N[C@@H](CCC(=O)NCCCCCCCCNc4cccc5c4C(=O)N(C4CCC(=O)NC4=O)C5=O)C(=O)OC(C)(C)C)s3)cc2c(=O)[nH]1. The zero-order valence-electron chi connectivity index (χ0n) is 36.9. The number of ether oxygens (including phenoxy) is 1. The van der Waals surface area contributed by atoms with E-state index in [0.29, 0.717) is 46.9 Å². The Labute approximate surface area is 375 Å². The monoisotopic (exact) mass is 896 g/mol. The molecule has 0 spiro atoms. The first-order valence-electron chi connectivity index (χ1n) is 21.7. The summed E-state index contributed by atoms with van der Waals surface area (Å²) in [6.07, 6.45) is 5.58. The van der Waals surface area contributed by atoms with Gasteiger partial charge in [0.05, 0.1) is 31.9 Å². The first kappa shape index (κ1) is 47.1. The number of rotatable bonds is 20. The number of nitrogens with one attached hydrogen (secondary N) is 5. The molecule has 0 radical (unpaired) electrons. The van der Waals surface area contributed by atoms with Gasteiger partial charge in [0.15, 0.2) is 0 Å². The van der Waals surface area contributed by atoms with E-state index in [0.717, 1.165) is 54.0 Å². The normalized spacial score (nSPS) is 15.5. The van der Waals surface area contributed by atoms with Gasteiger partial charge in [-0.15, -0.1) is 11.3 Å². The van der Waals surface area contributed by atoms with Crippen LogP contribution >= 0.6 is 11.3 Å². The van der Waals surface area contributed by atoms with Gasteiger partial charge >= 0.3 is 5.97 Å². The number of amides is 6. The third kappa shape index (κ3) is 12.0. The molecule has 4 heterocycles. The minimum Gasteiger partial charge on any atom is -0.458 e. The Morgan fingerprint density at radius 1 is 0.953 bits per heavy atom. The van der Waals surface area contributed by atoms with Crippen molar-refractivity contribution in [3.8, 4) is 0 Å². The Bertz CT molecular complexity index is 2490. The number of nitrogens with zero attached hydrogens (tertiary/aromatic N) is 3. The second-order valence-electron chi connectivity index (χ2n) is 17.2. The number of aromatic amines is 1. The van der Waals surface area contributed by atoms with Crippen molar-refractivity contribution >= 4 is 74.3 Å². The van der Waals surface area contributed by atoms with Gasteiger partial charge in [0.25, 0.3) is 23.3 Å². The number of H-pyrrole nitrogens is 1. The second kappa shape index (κ2) is 20.8. The van der Waals surface area contributed by atoms with Crippen LogP contribution in [0.4, 0.5) is 10.7 Å². The predicted molar refractivity (Wildman–Crippen MR) is 242 cm³/mol. The lowest BCUT2D eigenvalue weighted by atomic mass is 10.0. The molecule has 5 N–H and O–H groups in total. The van der Waals surface area contributed by atoms with Crippen molar-refractivity contribution in [2.24, 2.45) is 0 Å². The Morgan fingerprint density at radius 3 is 2.42 bits per heavy atom. The summed E-state index contributed by atoms with van der Waals surface area (Å²) in [7, 11) is 1.88. The van der Waals surface area contributed by atoms with E-state index in [1.54, 1.807) is 52.0 Å². The molecule has 0 bridgehead atoms. The molecule has 2 aliphatic heterocycles. The summed E-state index contributed by atoms with van der Waals surface area (Å²) in [6, 6.07) is 12.0. The highest BCUT2D eigenvalue weighted by molar-refractivity contribution is 7.18. The van der Waals surface area contributed by atoms with Gasteiger partial charge in [-0.2, -0.15) is 0 Å². The maximum atomic E-state index is 13.4. The topological polar surface area (TPSA) is 229 Å². The number of esters is 1. The summed E-state index contributed by atoms with van der Waals surface area (Å²) in [5.74, 6) is -2.92.